The molecule has 0 aromatic heterocycles. The topological polar surface area (TPSA) is 32.3 Å². The fourth-order valence-corrected chi connectivity index (χ4v) is 2.82. The third-order valence-corrected chi connectivity index (χ3v) is 4.28. The average molecular weight is 253 g/mol. The summed E-state index contributed by atoms with van der Waals surface area (Å²) in [7, 11) is 1.90. The molecule has 0 radical (unpaired) electrons. The van der Waals surface area contributed by atoms with E-state index in [1.165, 1.54) is 11.1 Å². The van der Waals surface area contributed by atoms with Crippen LogP contribution in [-0.2, 0) is 5.75 Å². The van der Waals surface area contributed by atoms with Gasteiger partial charge in [0.2, 0.25) is 0 Å². The van der Waals surface area contributed by atoms with Crippen molar-refractivity contribution in [1.29, 1.82) is 0 Å². The van der Waals surface area contributed by atoms with E-state index in [1.807, 2.05) is 18.8 Å². The summed E-state index contributed by atoms with van der Waals surface area (Å²) >= 11 is 1.93. The first-order valence-corrected chi connectivity index (χ1v) is 7.19. The zero-order valence-corrected chi connectivity index (χ0v) is 11.8. The number of rotatable bonds is 7. The first-order chi connectivity index (χ1) is 8.11. The van der Waals surface area contributed by atoms with Crippen molar-refractivity contribution in [2.24, 2.45) is 0 Å². The fourth-order valence-electron chi connectivity index (χ4n) is 1.53. The van der Waals surface area contributed by atoms with Crippen molar-refractivity contribution in [3.05, 3.63) is 35.4 Å². The van der Waals surface area contributed by atoms with Gasteiger partial charge in [-0.05, 0) is 44.2 Å². The minimum absolute atomic E-state index is 0.140. The molecule has 0 aliphatic rings. The van der Waals surface area contributed by atoms with E-state index in [2.05, 4.69) is 43.4 Å². The standard InChI is InChI=1S/C14H23NOS/c1-12-6-4-5-7-13(12)10-17-9-8-14(2,11-16)15-3/h4-7,15-16H,8-11H2,1-3H3. The molecule has 0 fully saturated rings. The van der Waals surface area contributed by atoms with E-state index in [4.69, 9.17) is 0 Å². The van der Waals surface area contributed by atoms with Crippen LogP contribution < -0.4 is 5.32 Å². The number of hydrogen-bond acceptors (Lipinski definition) is 3. The number of nitrogens with one attached hydrogen (secondary N) is 1. The summed E-state index contributed by atoms with van der Waals surface area (Å²) in [5, 5.41) is 12.4. The molecule has 2 nitrogen and oxygen atoms in total. The first kappa shape index (κ1) is 14.6. The second-order valence-corrected chi connectivity index (χ2v) is 5.80. The molecule has 17 heavy (non-hydrogen) atoms. The Morgan fingerprint density at radius 3 is 2.65 bits per heavy atom. The molecule has 0 saturated carbocycles. The highest BCUT2D eigenvalue weighted by atomic mass is 32.2. The van der Waals surface area contributed by atoms with Crippen LogP contribution in [0.2, 0.25) is 0 Å². The van der Waals surface area contributed by atoms with Gasteiger partial charge in [-0.15, -0.1) is 0 Å². The Hall–Kier alpha value is -0.510. The van der Waals surface area contributed by atoms with Crippen LogP contribution >= 0.6 is 11.8 Å². The Balaban J connectivity index is 2.32. The number of aliphatic hydroxyl groups is 1. The summed E-state index contributed by atoms with van der Waals surface area (Å²) in [5.41, 5.74) is 2.63. The lowest BCUT2D eigenvalue weighted by atomic mass is 10.0. The molecule has 1 aromatic rings. The Bertz CT molecular complexity index is 337. The highest BCUT2D eigenvalue weighted by Crippen LogP contribution is 2.19. The van der Waals surface area contributed by atoms with Crippen LogP contribution in [0.1, 0.15) is 24.5 Å². The summed E-state index contributed by atoms with van der Waals surface area (Å²) < 4.78 is 0. The van der Waals surface area contributed by atoms with Crippen molar-refractivity contribution < 1.29 is 5.11 Å². The minimum atomic E-state index is -0.140. The van der Waals surface area contributed by atoms with Gasteiger partial charge in [-0.2, -0.15) is 11.8 Å². The summed E-state index contributed by atoms with van der Waals surface area (Å²) in [5.74, 6) is 2.12. The molecule has 96 valence electrons. The summed E-state index contributed by atoms with van der Waals surface area (Å²) in [6.45, 7) is 4.40. The maximum atomic E-state index is 9.27. The number of likely N-dealkylation sites (N-methyl/N-ethyl adjacent to an activating group) is 1. The van der Waals surface area contributed by atoms with E-state index in [0.29, 0.717) is 0 Å². The lowest BCUT2D eigenvalue weighted by molar-refractivity contribution is 0.179. The molecule has 0 aliphatic heterocycles. The molecule has 1 aromatic carbocycles. The molecule has 0 aliphatic carbocycles. The van der Waals surface area contributed by atoms with Gasteiger partial charge in [0.15, 0.2) is 0 Å². The van der Waals surface area contributed by atoms with Crippen LogP contribution in [0, 0.1) is 6.92 Å². The maximum Gasteiger partial charge on any atom is 0.0610 e. The number of aryl methyl sites for hydroxylation is 1. The average Bonchev–Trinajstić information content (AvgIpc) is 2.36. The second-order valence-electron chi connectivity index (χ2n) is 4.70. The molecule has 3 heteroatoms. The van der Waals surface area contributed by atoms with Crippen LogP contribution in [0.15, 0.2) is 24.3 Å². The van der Waals surface area contributed by atoms with E-state index in [0.717, 1.165) is 17.9 Å². The van der Waals surface area contributed by atoms with Gasteiger partial charge in [0.05, 0.1) is 6.61 Å². The predicted molar refractivity (Wildman–Crippen MR) is 76.5 cm³/mol. The number of aliphatic hydroxyl groups excluding tert-OH is 1. The Labute approximate surface area is 109 Å². The number of hydrogen-bond donors (Lipinski definition) is 2. The van der Waals surface area contributed by atoms with Crippen molar-refractivity contribution in [3.63, 3.8) is 0 Å². The molecule has 0 spiro atoms. The molecule has 1 unspecified atom stereocenters. The number of thioether (sulfide) groups is 1. The molecule has 0 saturated heterocycles. The maximum absolute atomic E-state index is 9.27. The molecule has 0 amide bonds. The normalized spacial score (nSPS) is 14.6. The van der Waals surface area contributed by atoms with E-state index < -0.39 is 0 Å². The third kappa shape index (κ3) is 4.70. The molecule has 2 N–H and O–H groups in total. The summed E-state index contributed by atoms with van der Waals surface area (Å²) in [6, 6.07) is 8.51. The summed E-state index contributed by atoms with van der Waals surface area (Å²) in [6.07, 6.45) is 0.983. The zero-order chi connectivity index (χ0) is 12.7. The van der Waals surface area contributed by atoms with Gasteiger partial charge >= 0.3 is 0 Å². The SMILES string of the molecule is CNC(C)(CO)CCSCc1ccccc1C. The van der Waals surface area contributed by atoms with Crippen molar-refractivity contribution in [2.45, 2.75) is 31.6 Å². The molecule has 0 heterocycles. The van der Waals surface area contributed by atoms with Crippen molar-refractivity contribution >= 4 is 11.8 Å². The predicted octanol–water partition coefficient (Wildman–Crippen LogP) is 2.59. The van der Waals surface area contributed by atoms with E-state index in [9.17, 15) is 5.11 Å². The zero-order valence-electron chi connectivity index (χ0n) is 11.0. The van der Waals surface area contributed by atoms with Gasteiger partial charge < -0.3 is 10.4 Å². The minimum Gasteiger partial charge on any atom is -0.394 e. The largest absolute Gasteiger partial charge is 0.394 e. The highest BCUT2D eigenvalue weighted by Gasteiger charge is 2.19. The monoisotopic (exact) mass is 253 g/mol. The van der Waals surface area contributed by atoms with Crippen molar-refractivity contribution in [3.8, 4) is 0 Å². The van der Waals surface area contributed by atoms with Crippen LogP contribution in [-0.4, -0.2) is 30.1 Å². The van der Waals surface area contributed by atoms with Crippen LogP contribution in [0.3, 0.4) is 0 Å². The molecule has 1 rings (SSSR count). The van der Waals surface area contributed by atoms with E-state index in [1.54, 1.807) is 0 Å². The third-order valence-electron chi connectivity index (χ3n) is 3.27. The molecule has 0 bridgehead atoms. The van der Waals surface area contributed by atoms with Gasteiger partial charge in [-0.25, -0.2) is 0 Å². The number of benzene rings is 1. The second kappa shape index (κ2) is 7.04. The first-order valence-electron chi connectivity index (χ1n) is 6.03. The summed E-state index contributed by atoms with van der Waals surface area (Å²) in [4.78, 5) is 0. The van der Waals surface area contributed by atoms with E-state index in [-0.39, 0.29) is 12.1 Å². The van der Waals surface area contributed by atoms with Crippen LogP contribution in [0.4, 0.5) is 0 Å². The van der Waals surface area contributed by atoms with Gasteiger partial charge in [0.25, 0.3) is 0 Å². The van der Waals surface area contributed by atoms with Crippen LogP contribution in [0.25, 0.3) is 0 Å². The Morgan fingerprint density at radius 1 is 1.35 bits per heavy atom. The van der Waals surface area contributed by atoms with Gasteiger partial charge in [0, 0.05) is 11.3 Å². The van der Waals surface area contributed by atoms with Crippen molar-refractivity contribution in [2.75, 3.05) is 19.4 Å². The highest BCUT2D eigenvalue weighted by molar-refractivity contribution is 7.98. The van der Waals surface area contributed by atoms with Crippen molar-refractivity contribution in [1.82, 2.24) is 5.32 Å². The van der Waals surface area contributed by atoms with Gasteiger partial charge in [0.1, 0.15) is 0 Å². The fraction of sp³-hybridized carbons (Fsp3) is 0.571. The lowest BCUT2D eigenvalue weighted by Crippen LogP contribution is -2.43. The Morgan fingerprint density at radius 2 is 2.06 bits per heavy atom. The smallest absolute Gasteiger partial charge is 0.0610 e. The molecular formula is C14H23NOS. The van der Waals surface area contributed by atoms with Gasteiger partial charge in [-0.3, -0.25) is 0 Å². The lowest BCUT2D eigenvalue weighted by Gasteiger charge is -2.26. The van der Waals surface area contributed by atoms with E-state index >= 15 is 0 Å². The van der Waals surface area contributed by atoms with Gasteiger partial charge in [-0.1, -0.05) is 24.3 Å². The molecular weight excluding hydrogens is 230 g/mol. The quantitative estimate of drug-likeness (QED) is 0.733. The Kier molecular flexibility index (Phi) is 6.03. The molecule has 1 atom stereocenters. The van der Waals surface area contributed by atoms with Crippen LogP contribution in [0.5, 0.6) is 0 Å².